The minimum Gasteiger partial charge on any atom is -0.305 e. The van der Waals surface area contributed by atoms with E-state index in [1.165, 1.54) is 6.20 Å². The van der Waals surface area contributed by atoms with Gasteiger partial charge in [0.05, 0.1) is 17.2 Å². The van der Waals surface area contributed by atoms with Gasteiger partial charge in [0.1, 0.15) is 11.5 Å². The maximum Gasteiger partial charge on any atom is 0.277 e. The third kappa shape index (κ3) is 2.65. The summed E-state index contributed by atoms with van der Waals surface area (Å²) in [4.78, 5) is 24.6. The zero-order chi connectivity index (χ0) is 13.9. The number of halogens is 1. The zero-order valence-electron chi connectivity index (χ0n) is 10.2. The number of amides is 1. The van der Waals surface area contributed by atoms with Crippen molar-refractivity contribution in [2.24, 2.45) is 0 Å². The van der Waals surface area contributed by atoms with Crippen LogP contribution in [-0.2, 0) is 0 Å². The minimum absolute atomic E-state index is 0.258. The van der Waals surface area contributed by atoms with Crippen LogP contribution in [0.3, 0.4) is 0 Å². The number of rotatable bonds is 2. The normalized spacial score (nSPS) is 10.4. The summed E-state index contributed by atoms with van der Waals surface area (Å²) in [6, 6.07) is 10.9. The molecule has 0 spiro atoms. The van der Waals surface area contributed by atoms with Gasteiger partial charge in [0.25, 0.3) is 5.91 Å². The van der Waals surface area contributed by atoms with Crippen molar-refractivity contribution in [2.75, 3.05) is 5.32 Å². The lowest BCUT2D eigenvalue weighted by molar-refractivity contribution is 0.102. The number of benzene rings is 1. The molecule has 0 fully saturated rings. The predicted molar refractivity (Wildman–Crippen MR) is 79.4 cm³/mol. The predicted octanol–water partition coefficient (Wildman–Crippen LogP) is 3.04. The smallest absolute Gasteiger partial charge is 0.277 e. The van der Waals surface area contributed by atoms with Crippen molar-refractivity contribution >= 4 is 38.7 Å². The van der Waals surface area contributed by atoms with E-state index in [-0.39, 0.29) is 11.6 Å². The molecule has 0 radical (unpaired) electrons. The van der Waals surface area contributed by atoms with Gasteiger partial charge in [0, 0.05) is 10.7 Å². The lowest BCUT2D eigenvalue weighted by Crippen LogP contribution is -2.14. The molecule has 5 nitrogen and oxygen atoms in total. The monoisotopic (exact) mass is 328 g/mol. The second-order valence-electron chi connectivity index (χ2n) is 4.06. The first-order chi connectivity index (χ1) is 9.72. The van der Waals surface area contributed by atoms with Gasteiger partial charge in [0.2, 0.25) is 0 Å². The average molecular weight is 329 g/mol. The first-order valence-electron chi connectivity index (χ1n) is 5.87. The van der Waals surface area contributed by atoms with Crippen molar-refractivity contribution in [1.29, 1.82) is 0 Å². The lowest BCUT2D eigenvalue weighted by Gasteiger charge is -2.04. The Morgan fingerprint density at radius 3 is 2.55 bits per heavy atom. The van der Waals surface area contributed by atoms with Crippen LogP contribution in [0.2, 0.25) is 0 Å². The Hall–Kier alpha value is -2.34. The third-order valence-corrected chi connectivity index (χ3v) is 3.12. The second kappa shape index (κ2) is 5.34. The van der Waals surface area contributed by atoms with Crippen LogP contribution in [0.5, 0.6) is 0 Å². The molecule has 0 unspecified atom stereocenters. The zero-order valence-corrected chi connectivity index (χ0v) is 11.8. The molecular formula is C14H9BrN4O. The van der Waals surface area contributed by atoms with E-state index in [0.717, 1.165) is 9.99 Å². The fourth-order valence-electron chi connectivity index (χ4n) is 1.70. The fourth-order valence-corrected chi connectivity index (χ4v) is 1.93. The summed E-state index contributed by atoms with van der Waals surface area (Å²) in [5, 5.41) is 2.68. The van der Waals surface area contributed by atoms with Crippen LogP contribution in [0.1, 0.15) is 10.5 Å². The maximum atomic E-state index is 12.1. The minimum atomic E-state index is -0.335. The number of anilines is 1. The fraction of sp³-hybridized carbons (Fsp3) is 0. The van der Waals surface area contributed by atoms with Gasteiger partial charge >= 0.3 is 0 Å². The molecule has 0 atom stereocenters. The van der Waals surface area contributed by atoms with Gasteiger partial charge in [0.15, 0.2) is 0 Å². The highest BCUT2D eigenvalue weighted by Gasteiger charge is 2.09. The standard InChI is InChI=1S/C14H9BrN4O/c15-9-5-6-13(17-7-9)19-14(20)12-8-16-10-3-1-2-4-11(10)18-12/h1-8H,(H,17,19,20). The van der Waals surface area contributed by atoms with Crippen LogP contribution >= 0.6 is 15.9 Å². The molecule has 3 aromatic rings. The molecular weight excluding hydrogens is 320 g/mol. The molecule has 3 rings (SSSR count). The number of aromatic nitrogens is 3. The van der Waals surface area contributed by atoms with E-state index in [1.54, 1.807) is 18.3 Å². The number of carbonyl (C=O) groups excluding carboxylic acids is 1. The molecule has 0 aliphatic carbocycles. The molecule has 20 heavy (non-hydrogen) atoms. The lowest BCUT2D eigenvalue weighted by atomic mass is 10.3. The van der Waals surface area contributed by atoms with E-state index in [4.69, 9.17) is 0 Å². The summed E-state index contributed by atoms with van der Waals surface area (Å²) in [6.45, 7) is 0. The number of hydrogen-bond donors (Lipinski definition) is 1. The van der Waals surface area contributed by atoms with Crippen molar-refractivity contribution in [3.8, 4) is 0 Å². The highest BCUT2D eigenvalue weighted by atomic mass is 79.9. The highest BCUT2D eigenvalue weighted by molar-refractivity contribution is 9.10. The highest BCUT2D eigenvalue weighted by Crippen LogP contribution is 2.12. The van der Waals surface area contributed by atoms with Gasteiger partial charge in [-0.1, -0.05) is 12.1 Å². The summed E-state index contributed by atoms with van der Waals surface area (Å²) in [5.74, 6) is 0.131. The van der Waals surface area contributed by atoms with Crippen LogP contribution in [0.4, 0.5) is 5.82 Å². The summed E-state index contributed by atoms with van der Waals surface area (Å²) in [6.07, 6.45) is 3.07. The van der Waals surface area contributed by atoms with Crippen LogP contribution in [-0.4, -0.2) is 20.9 Å². The molecule has 0 saturated heterocycles. The van der Waals surface area contributed by atoms with Gasteiger partial charge in [-0.05, 0) is 40.2 Å². The Morgan fingerprint density at radius 1 is 1.00 bits per heavy atom. The summed E-state index contributed by atoms with van der Waals surface area (Å²) < 4.78 is 0.848. The number of carbonyl (C=O) groups is 1. The van der Waals surface area contributed by atoms with Crippen molar-refractivity contribution < 1.29 is 4.79 Å². The van der Waals surface area contributed by atoms with E-state index in [0.29, 0.717) is 11.3 Å². The number of fused-ring (bicyclic) bond motifs is 1. The molecule has 2 heterocycles. The number of pyridine rings is 1. The van der Waals surface area contributed by atoms with Crippen molar-refractivity contribution in [3.05, 3.63) is 59.0 Å². The van der Waals surface area contributed by atoms with Crippen molar-refractivity contribution in [3.63, 3.8) is 0 Å². The molecule has 1 amide bonds. The molecule has 0 aliphatic rings. The van der Waals surface area contributed by atoms with E-state index in [9.17, 15) is 4.79 Å². The second-order valence-corrected chi connectivity index (χ2v) is 4.98. The van der Waals surface area contributed by atoms with Gasteiger partial charge in [-0.3, -0.25) is 9.78 Å². The van der Waals surface area contributed by atoms with E-state index in [1.807, 2.05) is 24.3 Å². The Balaban J connectivity index is 1.86. The maximum absolute atomic E-state index is 12.1. The van der Waals surface area contributed by atoms with Crippen LogP contribution in [0.25, 0.3) is 11.0 Å². The summed E-state index contributed by atoms with van der Waals surface area (Å²) in [5.41, 5.74) is 1.70. The molecule has 1 aromatic carbocycles. The van der Waals surface area contributed by atoms with Gasteiger partial charge in [-0.2, -0.15) is 0 Å². The first-order valence-corrected chi connectivity index (χ1v) is 6.66. The Morgan fingerprint density at radius 2 is 1.80 bits per heavy atom. The first kappa shape index (κ1) is 12.7. The SMILES string of the molecule is O=C(Nc1ccc(Br)cn1)c1cnc2ccccc2n1. The molecule has 0 aliphatic heterocycles. The number of hydrogen-bond acceptors (Lipinski definition) is 4. The Labute approximate surface area is 123 Å². The van der Waals surface area contributed by atoms with Crippen LogP contribution in [0, 0.1) is 0 Å². The molecule has 1 N–H and O–H groups in total. The number of nitrogens with zero attached hydrogens (tertiary/aromatic N) is 3. The summed E-state index contributed by atoms with van der Waals surface area (Å²) in [7, 11) is 0. The quantitative estimate of drug-likeness (QED) is 0.785. The topological polar surface area (TPSA) is 67.8 Å². The molecule has 2 aromatic heterocycles. The van der Waals surface area contributed by atoms with Crippen molar-refractivity contribution in [1.82, 2.24) is 15.0 Å². The van der Waals surface area contributed by atoms with Gasteiger partial charge < -0.3 is 5.32 Å². The Kier molecular flexibility index (Phi) is 3.39. The van der Waals surface area contributed by atoms with Gasteiger partial charge in [-0.25, -0.2) is 9.97 Å². The van der Waals surface area contributed by atoms with Crippen LogP contribution < -0.4 is 5.32 Å². The van der Waals surface area contributed by atoms with Crippen molar-refractivity contribution in [2.45, 2.75) is 0 Å². The average Bonchev–Trinajstić information content (AvgIpc) is 2.49. The molecule has 0 saturated carbocycles. The summed E-state index contributed by atoms with van der Waals surface area (Å²) >= 11 is 3.29. The van der Waals surface area contributed by atoms with E-state index < -0.39 is 0 Å². The number of para-hydroxylation sites is 2. The van der Waals surface area contributed by atoms with E-state index in [2.05, 4.69) is 36.2 Å². The number of nitrogens with one attached hydrogen (secondary N) is 1. The molecule has 0 bridgehead atoms. The van der Waals surface area contributed by atoms with E-state index >= 15 is 0 Å². The largest absolute Gasteiger partial charge is 0.305 e. The molecule has 6 heteroatoms. The van der Waals surface area contributed by atoms with Gasteiger partial charge in [-0.15, -0.1) is 0 Å². The molecule has 98 valence electrons. The Bertz CT molecular complexity index is 773. The third-order valence-electron chi connectivity index (χ3n) is 2.65. The van der Waals surface area contributed by atoms with Crippen LogP contribution in [0.15, 0.2) is 53.3 Å².